The summed E-state index contributed by atoms with van der Waals surface area (Å²) in [5.41, 5.74) is 4.12. The number of amides is 1. The van der Waals surface area contributed by atoms with Crippen LogP contribution in [0.2, 0.25) is 0 Å². The van der Waals surface area contributed by atoms with Gasteiger partial charge in [-0.1, -0.05) is 0 Å². The van der Waals surface area contributed by atoms with Crippen LogP contribution in [-0.4, -0.2) is 32.7 Å². The number of anilines is 3. The molecular formula is C9H7N5O5. The molecule has 2 rings (SSSR count). The van der Waals surface area contributed by atoms with Gasteiger partial charge in [-0.2, -0.15) is 4.98 Å². The Morgan fingerprint density at radius 3 is 2.58 bits per heavy atom. The minimum atomic E-state index is -1.72. The first-order valence-corrected chi connectivity index (χ1v) is 4.85. The Kier molecular flexibility index (Phi) is 2.75. The molecule has 19 heavy (non-hydrogen) atoms. The quantitative estimate of drug-likeness (QED) is 0.310. The maximum atomic E-state index is 11.6. The van der Waals surface area contributed by atoms with Crippen LogP contribution in [0.5, 0.6) is 0 Å². The number of hydrogen-bond donors (Lipinski definition) is 5. The third kappa shape index (κ3) is 2.26. The SMILES string of the molecule is Nc1nc2c(c(=O)[nH]1)NC(=O)/C(=C/C(=O)C(=O)O)N2. The molecule has 2 heterocycles. The van der Waals surface area contributed by atoms with Crippen molar-refractivity contribution in [2.45, 2.75) is 0 Å². The lowest BCUT2D eigenvalue weighted by atomic mass is 10.2. The van der Waals surface area contributed by atoms with Gasteiger partial charge in [-0.25, -0.2) is 4.79 Å². The van der Waals surface area contributed by atoms with Gasteiger partial charge in [0.05, 0.1) is 0 Å². The van der Waals surface area contributed by atoms with E-state index in [-0.39, 0.29) is 23.2 Å². The summed E-state index contributed by atoms with van der Waals surface area (Å²) in [6.07, 6.45) is 0.583. The molecule has 1 aliphatic rings. The standard InChI is InChI=1S/C9H7N5O5/c10-9-13-5-4(7(17)14-9)12-6(16)2(11-5)1-3(15)8(18)19/h1H,(H,12,16)(H,18,19)(H4,10,11,13,14,17)/b2-1-. The number of aromatic nitrogens is 2. The lowest BCUT2D eigenvalue weighted by molar-refractivity contribution is -0.146. The van der Waals surface area contributed by atoms with Crippen LogP contribution in [-0.2, 0) is 14.4 Å². The third-order valence-corrected chi connectivity index (χ3v) is 2.16. The average Bonchev–Trinajstić information content (AvgIpc) is 2.31. The molecule has 10 nitrogen and oxygen atoms in total. The van der Waals surface area contributed by atoms with Crippen molar-refractivity contribution >= 4 is 35.1 Å². The molecule has 0 aliphatic carbocycles. The number of nitrogens with two attached hydrogens (primary N) is 1. The summed E-state index contributed by atoms with van der Waals surface area (Å²) < 4.78 is 0. The van der Waals surface area contributed by atoms with Crippen molar-refractivity contribution in [1.29, 1.82) is 0 Å². The summed E-state index contributed by atoms with van der Waals surface area (Å²) in [7, 11) is 0. The minimum Gasteiger partial charge on any atom is -0.475 e. The Labute approximate surface area is 104 Å². The predicted molar refractivity (Wildman–Crippen MR) is 62.2 cm³/mol. The van der Waals surface area contributed by atoms with Gasteiger partial charge in [0.2, 0.25) is 5.95 Å². The molecule has 1 aromatic rings. The summed E-state index contributed by atoms with van der Waals surface area (Å²) >= 11 is 0. The zero-order chi connectivity index (χ0) is 14.2. The van der Waals surface area contributed by atoms with E-state index in [2.05, 4.69) is 20.6 Å². The van der Waals surface area contributed by atoms with Crippen LogP contribution in [0.4, 0.5) is 17.5 Å². The molecule has 1 amide bonds. The van der Waals surface area contributed by atoms with Crippen molar-refractivity contribution < 1.29 is 19.5 Å². The number of H-pyrrole nitrogens is 1. The van der Waals surface area contributed by atoms with Crippen LogP contribution in [0.15, 0.2) is 16.6 Å². The van der Waals surface area contributed by atoms with Gasteiger partial charge in [0, 0.05) is 6.08 Å². The molecular weight excluding hydrogens is 258 g/mol. The Hall–Kier alpha value is -3.17. The van der Waals surface area contributed by atoms with Gasteiger partial charge in [-0.15, -0.1) is 0 Å². The van der Waals surface area contributed by atoms with Crippen molar-refractivity contribution in [1.82, 2.24) is 9.97 Å². The maximum absolute atomic E-state index is 11.6. The molecule has 98 valence electrons. The molecule has 0 fully saturated rings. The summed E-state index contributed by atoms with van der Waals surface area (Å²) in [6, 6.07) is 0. The van der Waals surface area contributed by atoms with E-state index in [9.17, 15) is 19.2 Å². The van der Waals surface area contributed by atoms with E-state index in [0.29, 0.717) is 6.08 Å². The zero-order valence-corrected chi connectivity index (χ0v) is 9.18. The summed E-state index contributed by atoms with van der Waals surface area (Å²) in [5, 5.41) is 13.0. The Balaban J connectivity index is 2.45. The second-order valence-electron chi connectivity index (χ2n) is 3.48. The molecule has 0 radical (unpaired) electrons. The number of carbonyl (C=O) groups excluding carboxylic acids is 2. The molecule has 1 aromatic heterocycles. The number of ketones is 1. The second kappa shape index (κ2) is 4.25. The second-order valence-corrected chi connectivity index (χ2v) is 3.48. The number of aromatic amines is 1. The first-order valence-electron chi connectivity index (χ1n) is 4.85. The Bertz CT molecular complexity index is 689. The van der Waals surface area contributed by atoms with Crippen LogP contribution in [0, 0.1) is 0 Å². The van der Waals surface area contributed by atoms with E-state index >= 15 is 0 Å². The van der Waals surface area contributed by atoms with E-state index in [4.69, 9.17) is 10.8 Å². The first kappa shape index (κ1) is 12.3. The molecule has 0 saturated heterocycles. The van der Waals surface area contributed by atoms with Crippen LogP contribution in [0.25, 0.3) is 0 Å². The number of rotatable bonds is 2. The van der Waals surface area contributed by atoms with Crippen molar-refractivity contribution in [3.05, 3.63) is 22.1 Å². The molecule has 0 unspecified atom stereocenters. The molecule has 1 aliphatic heterocycles. The highest BCUT2D eigenvalue weighted by Crippen LogP contribution is 2.21. The minimum absolute atomic E-state index is 0.0784. The third-order valence-electron chi connectivity index (χ3n) is 2.16. The smallest absolute Gasteiger partial charge is 0.376 e. The van der Waals surface area contributed by atoms with Gasteiger partial charge in [0.25, 0.3) is 17.2 Å². The van der Waals surface area contributed by atoms with Gasteiger partial charge in [0.1, 0.15) is 5.70 Å². The monoisotopic (exact) mass is 265 g/mol. The Morgan fingerprint density at radius 1 is 1.26 bits per heavy atom. The van der Waals surface area contributed by atoms with Crippen LogP contribution < -0.4 is 21.9 Å². The molecule has 0 spiro atoms. The van der Waals surface area contributed by atoms with Crippen molar-refractivity contribution in [3.8, 4) is 0 Å². The normalized spacial score (nSPS) is 15.4. The number of carboxylic acids is 1. The highest BCUT2D eigenvalue weighted by atomic mass is 16.4. The average molecular weight is 265 g/mol. The van der Waals surface area contributed by atoms with E-state index in [0.717, 1.165) is 0 Å². The molecule has 0 atom stereocenters. The Morgan fingerprint density at radius 2 is 1.95 bits per heavy atom. The predicted octanol–water partition coefficient (Wildman–Crippen LogP) is -1.75. The molecule has 10 heteroatoms. The number of carboxylic acid groups (broad SMARTS) is 1. The van der Waals surface area contributed by atoms with Crippen molar-refractivity contribution in [2.24, 2.45) is 0 Å². The first-order chi connectivity index (χ1) is 8.88. The molecule has 0 aromatic carbocycles. The number of nitrogens with one attached hydrogen (secondary N) is 3. The van der Waals surface area contributed by atoms with Crippen LogP contribution >= 0.6 is 0 Å². The number of carbonyl (C=O) groups is 3. The highest BCUT2D eigenvalue weighted by Gasteiger charge is 2.25. The van der Waals surface area contributed by atoms with Crippen molar-refractivity contribution in [3.63, 3.8) is 0 Å². The molecule has 6 N–H and O–H groups in total. The van der Waals surface area contributed by atoms with Crippen LogP contribution in [0.3, 0.4) is 0 Å². The summed E-state index contributed by atoms with van der Waals surface area (Å²) in [4.78, 5) is 50.3. The van der Waals surface area contributed by atoms with Gasteiger partial charge in [0.15, 0.2) is 11.5 Å². The van der Waals surface area contributed by atoms with Gasteiger partial charge >= 0.3 is 5.97 Å². The number of hydrogen-bond acceptors (Lipinski definition) is 7. The zero-order valence-electron chi connectivity index (χ0n) is 9.18. The highest BCUT2D eigenvalue weighted by molar-refractivity contribution is 6.38. The number of nitrogens with zero attached hydrogens (tertiary/aromatic N) is 1. The largest absolute Gasteiger partial charge is 0.475 e. The molecule has 0 bridgehead atoms. The fraction of sp³-hybridized carbons (Fsp3) is 0. The van der Waals surface area contributed by atoms with E-state index < -0.39 is 23.2 Å². The van der Waals surface area contributed by atoms with Gasteiger partial charge in [-0.05, 0) is 0 Å². The number of fused-ring (bicyclic) bond motifs is 1. The maximum Gasteiger partial charge on any atom is 0.376 e. The topological polar surface area (TPSA) is 167 Å². The lowest BCUT2D eigenvalue weighted by Gasteiger charge is -2.18. The van der Waals surface area contributed by atoms with Crippen molar-refractivity contribution in [2.75, 3.05) is 16.4 Å². The summed E-state index contributed by atoms with van der Waals surface area (Å²) in [6.45, 7) is 0. The molecule has 0 saturated carbocycles. The number of aliphatic carboxylic acids is 1. The fourth-order valence-electron chi connectivity index (χ4n) is 1.36. The van der Waals surface area contributed by atoms with E-state index in [1.165, 1.54) is 0 Å². The lowest BCUT2D eigenvalue weighted by Crippen LogP contribution is -2.32. The fourth-order valence-corrected chi connectivity index (χ4v) is 1.36. The van der Waals surface area contributed by atoms with E-state index in [1.807, 2.05) is 0 Å². The van der Waals surface area contributed by atoms with Gasteiger partial charge in [-0.3, -0.25) is 19.4 Å². The van der Waals surface area contributed by atoms with Crippen LogP contribution in [0.1, 0.15) is 0 Å². The summed E-state index contributed by atoms with van der Waals surface area (Å²) in [5.74, 6) is -4.12. The van der Waals surface area contributed by atoms with E-state index in [1.54, 1.807) is 0 Å². The van der Waals surface area contributed by atoms with Gasteiger partial charge < -0.3 is 21.5 Å². The number of nitrogen functional groups attached to an aromatic ring is 1.